The van der Waals surface area contributed by atoms with Gasteiger partial charge in [0.25, 0.3) is 5.91 Å². The Morgan fingerprint density at radius 3 is 2.83 bits per heavy atom. The summed E-state index contributed by atoms with van der Waals surface area (Å²) in [6.07, 6.45) is 2.19. The number of hydrogen-bond acceptors (Lipinski definition) is 2. The lowest BCUT2D eigenvalue weighted by atomic mass is 10.1. The average molecular weight is 333 g/mol. The van der Waals surface area contributed by atoms with E-state index in [1.165, 1.54) is 0 Å². The van der Waals surface area contributed by atoms with E-state index in [4.69, 9.17) is 16.3 Å². The maximum atomic E-state index is 12.1. The molecule has 18 heavy (non-hydrogen) atoms. The predicted molar refractivity (Wildman–Crippen MR) is 75.4 cm³/mol. The molecule has 2 rings (SSSR count). The van der Waals surface area contributed by atoms with Gasteiger partial charge < -0.3 is 10.1 Å². The SMILES string of the molecule is COc1ccc(Br)c(C(=O)NCC2(CCl)CC2)c1. The highest BCUT2D eigenvalue weighted by Gasteiger charge is 2.41. The first kappa shape index (κ1) is 13.7. The molecule has 0 radical (unpaired) electrons. The summed E-state index contributed by atoms with van der Waals surface area (Å²) in [5, 5.41) is 2.94. The standard InChI is InChI=1S/C13H15BrClNO2/c1-18-9-2-3-11(14)10(6-9)12(17)16-8-13(7-15)4-5-13/h2-3,6H,4-5,7-8H2,1H3,(H,16,17). The van der Waals surface area contributed by atoms with Gasteiger partial charge in [-0.3, -0.25) is 4.79 Å². The smallest absolute Gasteiger partial charge is 0.252 e. The van der Waals surface area contributed by atoms with E-state index in [2.05, 4.69) is 21.2 Å². The van der Waals surface area contributed by atoms with E-state index in [9.17, 15) is 4.79 Å². The molecule has 1 aliphatic carbocycles. The van der Waals surface area contributed by atoms with Crippen LogP contribution in [0, 0.1) is 5.41 Å². The summed E-state index contributed by atoms with van der Waals surface area (Å²) in [6.45, 7) is 0.638. The van der Waals surface area contributed by atoms with E-state index in [0.717, 1.165) is 17.3 Å². The van der Waals surface area contributed by atoms with Gasteiger partial charge in [-0.25, -0.2) is 0 Å². The van der Waals surface area contributed by atoms with Crippen molar-refractivity contribution in [1.82, 2.24) is 5.32 Å². The quantitative estimate of drug-likeness (QED) is 0.841. The normalized spacial score (nSPS) is 16.2. The highest BCUT2D eigenvalue weighted by molar-refractivity contribution is 9.10. The van der Waals surface area contributed by atoms with Crippen molar-refractivity contribution >= 4 is 33.4 Å². The fourth-order valence-corrected chi connectivity index (χ4v) is 2.49. The molecule has 0 aromatic heterocycles. The number of halogens is 2. The van der Waals surface area contributed by atoms with Gasteiger partial charge in [0, 0.05) is 22.3 Å². The maximum absolute atomic E-state index is 12.1. The van der Waals surface area contributed by atoms with Crippen LogP contribution in [-0.4, -0.2) is 25.4 Å². The number of nitrogens with one attached hydrogen (secondary N) is 1. The monoisotopic (exact) mass is 331 g/mol. The zero-order valence-corrected chi connectivity index (χ0v) is 12.5. The van der Waals surface area contributed by atoms with Crippen molar-refractivity contribution < 1.29 is 9.53 Å². The highest BCUT2D eigenvalue weighted by atomic mass is 79.9. The molecule has 0 aliphatic heterocycles. The predicted octanol–water partition coefficient (Wildman–Crippen LogP) is 3.21. The molecule has 0 saturated heterocycles. The Bertz CT molecular complexity index is 460. The summed E-state index contributed by atoms with van der Waals surface area (Å²) in [5.41, 5.74) is 0.711. The van der Waals surface area contributed by atoms with Crippen molar-refractivity contribution in [3.05, 3.63) is 28.2 Å². The highest BCUT2D eigenvalue weighted by Crippen LogP contribution is 2.45. The van der Waals surface area contributed by atoms with Crippen LogP contribution in [0.1, 0.15) is 23.2 Å². The van der Waals surface area contributed by atoms with Crippen LogP contribution >= 0.6 is 27.5 Å². The molecule has 3 nitrogen and oxygen atoms in total. The summed E-state index contributed by atoms with van der Waals surface area (Å²) in [4.78, 5) is 12.1. The molecule has 0 atom stereocenters. The summed E-state index contributed by atoms with van der Waals surface area (Å²) in [7, 11) is 1.58. The van der Waals surface area contributed by atoms with Crippen LogP contribution < -0.4 is 10.1 Å². The maximum Gasteiger partial charge on any atom is 0.252 e. The number of alkyl halides is 1. The van der Waals surface area contributed by atoms with Gasteiger partial charge in [-0.15, -0.1) is 11.6 Å². The van der Waals surface area contributed by atoms with Gasteiger partial charge in [0.1, 0.15) is 5.75 Å². The number of rotatable bonds is 5. The third-order valence-corrected chi connectivity index (χ3v) is 4.54. The lowest BCUT2D eigenvalue weighted by molar-refractivity contribution is 0.0945. The summed E-state index contributed by atoms with van der Waals surface area (Å²) < 4.78 is 5.88. The van der Waals surface area contributed by atoms with Crippen molar-refractivity contribution in [3.63, 3.8) is 0 Å². The van der Waals surface area contributed by atoms with Crippen LogP contribution in [0.5, 0.6) is 5.75 Å². The minimum Gasteiger partial charge on any atom is -0.497 e. The van der Waals surface area contributed by atoms with E-state index >= 15 is 0 Å². The minimum atomic E-state index is -0.0998. The molecule has 1 aliphatic rings. The Balaban J connectivity index is 2.04. The molecule has 1 aromatic rings. The van der Waals surface area contributed by atoms with Gasteiger partial charge in [-0.2, -0.15) is 0 Å². The number of carbonyl (C=O) groups is 1. The Kier molecular flexibility index (Phi) is 4.17. The van der Waals surface area contributed by atoms with Crippen LogP contribution in [0.25, 0.3) is 0 Å². The van der Waals surface area contributed by atoms with Crippen molar-refractivity contribution in [2.45, 2.75) is 12.8 Å². The van der Waals surface area contributed by atoms with E-state index in [-0.39, 0.29) is 11.3 Å². The third-order valence-electron chi connectivity index (χ3n) is 3.28. The fourth-order valence-electron chi connectivity index (χ4n) is 1.70. The second-order valence-electron chi connectivity index (χ2n) is 4.66. The molecule has 98 valence electrons. The summed E-state index contributed by atoms with van der Waals surface area (Å²) in [6, 6.07) is 5.34. The molecule has 1 saturated carbocycles. The molecule has 0 heterocycles. The number of carbonyl (C=O) groups excluding carboxylic acids is 1. The van der Waals surface area contributed by atoms with E-state index < -0.39 is 0 Å². The average Bonchev–Trinajstić information content (AvgIpc) is 3.17. The second kappa shape index (κ2) is 5.49. The number of amides is 1. The minimum absolute atomic E-state index is 0.0998. The molecule has 0 spiro atoms. The summed E-state index contributed by atoms with van der Waals surface area (Å²) in [5.74, 6) is 1.17. The first-order chi connectivity index (χ1) is 8.60. The van der Waals surface area contributed by atoms with Crippen molar-refractivity contribution in [1.29, 1.82) is 0 Å². The Morgan fingerprint density at radius 2 is 2.28 bits per heavy atom. The van der Waals surface area contributed by atoms with Crippen LogP contribution in [-0.2, 0) is 0 Å². The van der Waals surface area contributed by atoms with Crippen molar-refractivity contribution in [3.8, 4) is 5.75 Å². The number of benzene rings is 1. The van der Waals surface area contributed by atoms with Gasteiger partial charge in [-0.05, 0) is 47.0 Å². The van der Waals surface area contributed by atoms with Crippen LogP contribution in [0.3, 0.4) is 0 Å². The molecule has 5 heteroatoms. The van der Waals surface area contributed by atoms with E-state index in [0.29, 0.717) is 23.7 Å². The molecular formula is C13H15BrClNO2. The fraction of sp³-hybridized carbons (Fsp3) is 0.462. The topological polar surface area (TPSA) is 38.3 Å². The largest absolute Gasteiger partial charge is 0.497 e. The molecular weight excluding hydrogens is 318 g/mol. The van der Waals surface area contributed by atoms with E-state index in [1.54, 1.807) is 13.2 Å². The van der Waals surface area contributed by atoms with E-state index in [1.807, 2.05) is 12.1 Å². The van der Waals surface area contributed by atoms with Crippen molar-refractivity contribution in [2.24, 2.45) is 5.41 Å². The lowest BCUT2D eigenvalue weighted by Crippen LogP contribution is -2.31. The van der Waals surface area contributed by atoms with Gasteiger partial charge >= 0.3 is 0 Å². The van der Waals surface area contributed by atoms with Gasteiger partial charge in [0.2, 0.25) is 0 Å². The number of hydrogen-bond donors (Lipinski definition) is 1. The zero-order valence-electron chi connectivity index (χ0n) is 10.1. The Hall–Kier alpha value is -0.740. The lowest BCUT2D eigenvalue weighted by Gasteiger charge is -2.13. The van der Waals surface area contributed by atoms with Crippen LogP contribution in [0.4, 0.5) is 0 Å². The van der Waals surface area contributed by atoms with Gasteiger partial charge in [-0.1, -0.05) is 0 Å². The summed E-state index contributed by atoms with van der Waals surface area (Å²) >= 11 is 9.25. The Morgan fingerprint density at radius 1 is 1.56 bits per heavy atom. The first-order valence-electron chi connectivity index (χ1n) is 5.78. The van der Waals surface area contributed by atoms with Gasteiger partial charge in [0.15, 0.2) is 0 Å². The van der Waals surface area contributed by atoms with Gasteiger partial charge in [0.05, 0.1) is 12.7 Å². The molecule has 0 bridgehead atoms. The molecule has 0 unspecified atom stereocenters. The van der Waals surface area contributed by atoms with Crippen LogP contribution in [0.2, 0.25) is 0 Å². The molecule has 1 amide bonds. The third kappa shape index (κ3) is 2.98. The van der Waals surface area contributed by atoms with Crippen LogP contribution in [0.15, 0.2) is 22.7 Å². The molecule has 1 aromatic carbocycles. The Labute approximate surface area is 120 Å². The second-order valence-corrected chi connectivity index (χ2v) is 5.78. The molecule has 1 N–H and O–H groups in total. The van der Waals surface area contributed by atoms with Crippen molar-refractivity contribution in [2.75, 3.05) is 19.5 Å². The number of methoxy groups -OCH3 is 1. The zero-order chi connectivity index (χ0) is 13.2. The first-order valence-corrected chi connectivity index (χ1v) is 7.11. The molecule has 1 fully saturated rings. The number of ether oxygens (including phenoxy) is 1.